The largest absolute Gasteiger partial charge is 0.289 e. The summed E-state index contributed by atoms with van der Waals surface area (Å²) >= 11 is 0. The van der Waals surface area contributed by atoms with Crippen LogP contribution in [-0.2, 0) is 9.59 Å². The molecule has 0 bridgehead atoms. The van der Waals surface area contributed by atoms with Crippen molar-refractivity contribution in [3.8, 4) is 0 Å². The SMILES string of the molecule is CCC(C)(C)C1=CC(=CC=C2C=C(C)C(=O)C(C)=C2)C=C(C(C)(C)CC)C1=O. The molecule has 0 saturated carbocycles. The fourth-order valence-electron chi connectivity index (χ4n) is 3.41. The van der Waals surface area contributed by atoms with E-state index in [9.17, 15) is 9.59 Å². The molecule has 0 saturated heterocycles. The minimum Gasteiger partial charge on any atom is -0.289 e. The number of hydrogen-bond acceptors (Lipinski definition) is 2. The third kappa shape index (κ3) is 4.43. The zero-order valence-electron chi connectivity index (χ0n) is 18.7. The van der Waals surface area contributed by atoms with Crippen LogP contribution in [0, 0.1) is 10.8 Å². The van der Waals surface area contributed by atoms with E-state index < -0.39 is 0 Å². The van der Waals surface area contributed by atoms with Crippen LogP contribution in [0.3, 0.4) is 0 Å². The lowest BCUT2D eigenvalue weighted by Crippen LogP contribution is -2.30. The Balaban J connectivity index is 2.57. The lowest BCUT2D eigenvalue weighted by Gasteiger charge is -2.34. The maximum atomic E-state index is 13.3. The molecule has 0 atom stereocenters. The average Bonchev–Trinajstić information content (AvgIpc) is 2.64. The first kappa shape index (κ1) is 22.1. The summed E-state index contributed by atoms with van der Waals surface area (Å²) in [6.07, 6.45) is 13.8. The molecular weight excluding hydrogens is 344 g/mol. The zero-order chi connectivity index (χ0) is 21.3. The van der Waals surface area contributed by atoms with Crippen molar-refractivity contribution in [2.24, 2.45) is 10.8 Å². The van der Waals surface area contributed by atoms with Crippen molar-refractivity contribution in [1.29, 1.82) is 0 Å². The predicted molar refractivity (Wildman–Crippen MR) is 118 cm³/mol. The van der Waals surface area contributed by atoms with Crippen LogP contribution in [0.15, 0.2) is 69.9 Å². The summed E-state index contributed by atoms with van der Waals surface area (Å²) < 4.78 is 0. The second-order valence-corrected chi connectivity index (χ2v) is 9.24. The Kier molecular flexibility index (Phi) is 6.33. The van der Waals surface area contributed by atoms with E-state index in [4.69, 9.17) is 0 Å². The molecule has 0 aromatic carbocycles. The molecule has 2 aliphatic rings. The third-order valence-electron chi connectivity index (χ3n) is 6.29. The number of Topliss-reactive ketones (excluding diaryl/α,β-unsaturated/α-hetero) is 2. The van der Waals surface area contributed by atoms with Crippen molar-refractivity contribution in [3.05, 3.63) is 69.9 Å². The van der Waals surface area contributed by atoms with Gasteiger partial charge in [0.15, 0.2) is 11.6 Å². The monoisotopic (exact) mass is 378 g/mol. The highest BCUT2D eigenvalue weighted by Crippen LogP contribution is 2.42. The van der Waals surface area contributed by atoms with E-state index in [2.05, 4.69) is 47.6 Å². The minimum absolute atomic E-state index is 0.104. The Hall–Kier alpha value is -2.22. The van der Waals surface area contributed by atoms with Crippen LogP contribution in [0.2, 0.25) is 0 Å². The van der Waals surface area contributed by atoms with Crippen molar-refractivity contribution in [1.82, 2.24) is 0 Å². The highest BCUT2D eigenvalue weighted by atomic mass is 16.1. The first-order valence-electron chi connectivity index (χ1n) is 10.2. The predicted octanol–water partition coefficient (Wildman–Crippen LogP) is 6.62. The van der Waals surface area contributed by atoms with Crippen LogP contribution in [0.5, 0.6) is 0 Å². The van der Waals surface area contributed by atoms with E-state index in [0.29, 0.717) is 0 Å². The highest BCUT2D eigenvalue weighted by molar-refractivity contribution is 6.12. The number of allylic oxidation sites excluding steroid dienone is 12. The van der Waals surface area contributed by atoms with Gasteiger partial charge < -0.3 is 0 Å². The van der Waals surface area contributed by atoms with Crippen molar-refractivity contribution >= 4 is 11.6 Å². The number of carbonyl (C=O) groups is 2. The number of ketones is 2. The summed E-state index contributed by atoms with van der Waals surface area (Å²) in [6.45, 7) is 16.5. The van der Waals surface area contributed by atoms with E-state index >= 15 is 0 Å². The lowest BCUT2D eigenvalue weighted by molar-refractivity contribution is -0.114. The maximum Gasteiger partial charge on any atom is 0.186 e. The zero-order valence-corrected chi connectivity index (χ0v) is 18.7. The fourth-order valence-corrected chi connectivity index (χ4v) is 3.41. The van der Waals surface area contributed by atoms with Gasteiger partial charge in [0.25, 0.3) is 0 Å². The highest BCUT2D eigenvalue weighted by Gasteiger charge is 2.36. The van der Waals surface area contributed by atoms with Crippen LogP contribution in [0.1, 0.15) is 68.2 Å². The van der Waals surface area contributed by atoms with Gasteiger partial charge in [0.2, 0.25) is 0 Å². The molecule has 0 aromatic rings. The van der Waals surface area contributed by atoms with Crippen LogP contribution < -0.4 is 0 Å². The summed E-state index contributed by atoms with van der Waals surface area (Å²) in [4.78, 5) is 25.2. The summed E-state index contributed by atoms with van der Waals surface area (Å²) in [5.41, 5.74) is 4.99. The summed E-state index contributed by atoms with van der Waals surface area (Å²) in [7, 11) is 0. The molecule has 2 nitrogen and oxygen atoms in total. The van der Waals surface area contributed by atoms with Gasteiger partial charge in [0, 0.05) is 11.1 Å². The van der Waals surface area contributed by atoms with Crippen LogP contribution in [-0.4, -0.2) is 11.6 Å². The Bertz CT molecular complexity index is 815. The van der Waals surface area contributed by atoms with Gasteiger partial charge in [-0.2, -0.15) is 0 Å². The quantitative estimate of drug-likeness (QED) is 0.538. The summed E-state index contributed by atoms with van der Waals surface area (Å²) in [5, 5.41) is 0. The summed E-state index contributed by atoms with van der Waals surface area (Å²) in [5.74, 6) is 0.282. The van der Waals surface area contributed by atoms with Gasteiger partial charge >= 0.3 is 0 Å². The van der Waals surface area contributed by atoms with Crippen molar-refractivity contribution in [2.45, 2.75) is 68.2 Å². The standard InChI is InChI=1S/C26H34O2/c1-9-25(5,6)21-15-20(16-22(24(21)28)26(7,8)10-2)12-11-19-13-17(3)23(27)18(4)14-19/h11-16H,9-10H2,1-8H3. The van der Waals surface area contributed by atoms with E-state index in [0.717, 1.165) is 46.3 Å². The Morgan fingerprint density at radius 1 is 0.679 bits per heavy atom. The number of hydrogen-bond donors (Lipinski definition) is 0. The molecule has 0 spiro atoms. The van der Waals surface area contributed by atoms with Gasteiger partial charge in [-0.3, -0.25) is 9.59 Å². The molecule has 0 N–H and O–H groups in total. The molecule has 0 aliphatic heterocycles. The van der Waals surface area contributed by atoms with Crippen molar-refractivity contribution in [3.63, 3.8) is 0 Å². The molecule has 0 fully saturated rings. The van der Waals surface area contributed by atoms with Gasteiger partial charge in [-0.15, -0.1) is 0 Å². The topological polar surface area (TPSA) is 34.1 Å². The second-order valence-electron chi connectivity index (χ2n) is 9.24. The van der Waals surface area contributed by atoms with E-state index in [-0.39, 0.29) is 22.4 Å². The molecule has 2 aliphatic carbocycles. The molecule has 0 radical (unpaired) electrons. The minimum atomic E-state index is -0.170. The average molecular weight is 379 g/mol. The van der Waals surface area contributed by atoms with Gasteiger partial charge in [0.05, 0.1) is 0 Å². The molecule has 0 aromatic heterocycles. The van der Waals surface area contributed by atoms with Crippen LogP contribution in [0.4, 0.5) is 0 Å². The fraction of sp³-hybridized carbons (Fsp3) is 0.462. The first-order valence-corrected chi connectivity index (χ1v) is 10.2. The maximum absolute atomic E-state index is 13.3. The van der Waals surface area contributed by atoms with Gasteiger partial charge in [-0.25, -0.2) is 0 Å². The molecular formula is C26H34O2. The molecule has 0 amide bonds. The molecule has 0 unspecified atom stereocenters. The molecule has 2 heteroatoms. The Morgan fingerprint density at radius 2 is 1.04 bits per heavy atom. The van der Waals surface area contributed by atoms with E-state index in [1.54, 1.807) is 0 Å². The smallest absolute Gasteiger partial charge is 0.186 e. The van der Waals surface area contributed by atoms with E-state index in [1.165, 1.54) is 0 Å². The Morgan fingerprint density at radius 3 is 1.39 bits per heavy atom. The second kappa shape index (κ2) is 8.03. The van der Waals surface area contributed by atoms with Crippen molar-refractivity contribution in [2.75, 3.05) is 0 Å². The van der Waals surface area contributed by atoms with Gasteiger partial charge in [-0.1, -0.05) is 53.7 Å². The molecule has 2 rings (SSSR count). The normalized spacial score (nSPS) is 18.4. The molecule has 0 heterocycles. The van der Waals surface area contributed by atoms with Gasteiger partial charge in [0.1, 0.15) is 0 Å². The molecule has 150 valence electrons. The van der Waals surface area contributed by atoms with Crippen LogP contribution >= 0.6 is 0 Å². The lowest BCUT2D eigenvalue weighted by atomic mass is 9.69. The van der Waals surface area contributed by atoms with Crippen LogP contribution in [0.25, 0.3) is 0 Å². The van der Waals surface area contributed by atoms with Crippen molar-refractivity contribution < 1.29 is 9.59 Å². The third-order valence-corrected chi connectivity index (χ3v) is 6.29. The summed E-state index contributed by atoms with van der Waals surface area (Å²) in [6, 6.07) is 0. The molecule has 28 heavy (non-hydrogen) atoms. The van der Waals surface area contributed by atoms with E-state index in [1.807, 2.05) is 44.2 Å². The first-order chi connectivity index (χ1) is 12.9. The number of rotatable bonds is 5. The number of carbonyl (C=O) groups excluding carboxylic acids is 2. The van der Waals surface area contributed by atoms with Gasteiger partial charge in [-0.05, 0) is 84.1 Å². The Labute approximate surface area is 170 Å².